The van der Waals surface area contributed by atoms with Crippen molar-refractivity contribution < 1.29 is 13.9 Å². The van der Waals surface area contributed by atoms with E-state index in [0.717, 1.165) is 0 Å². The molecule has 0 saturated heterocycles. The largest absolute Gasteiger partial charge is 0.493 e. The molecule has 0 aliphatic rings. The molecule has 0 atom stereocenters. The Labute approximate surface area is 104 Å². The van der Waals surface area contributed by atoms with E-state index in [0.29, 0.717) is 11.3 Å². The van der Waals surface area contributed by atoms with Gasteiger partial charge in [-0.15, -0.1) is 0 Å². The van der Waals surface area contributed by atoms with Crippen LogP contribution < -0.4 is 9.47 Å². The van der Waals surface area contributed by atoms with Crippen LogP contribution in [-0.2, 0) is 0 Å². The second-order valence-corrected chi connectivity index (χ2v) is 4.07. The van der Waals surface area contributed by atoms with Crippen molar-refractivity contribution in [2.24, 2.45) is 0 Å². The lowest BCUT2D eigenvalue weighted by Gasteiger charge is -2.09. The fourth-order valence-electron chi connectivity index (χ4n) is 1.24. The van der Waals surface area contributed by atoms with Crippen molar-refractivity contribution in [3.8, 4) is 11.5 Å². The van der Waals surface area contributed by atoms with Gasteiger partial charge in [0.1, 0.15) is 16.8 Å². The first kappa shape index (κ1) is 13.1. The number of ether oxygens (including phenoxy) is 2. The Kier molecular flexibility index (Phi) is 4.90. The highest BCUT2D eigenvalue weighted by molar-refractivity contribution is 6.55. The third-order valence-corrected chi connectivity index (χ3v) is 2.20. The summed E-state index contributed by atoms with van der Waals surface area (Å²) in [6, 6.07) is 2.93. The minimum absolute atomic E-state index is 0.116. The maximum atomic E-state index is 13.4. The summed E-state index contributed by atoms with van der Waals surface area (Å²) < 4.78 is 23.7. The zero-order valence-electron chi connectivity index (χ0n) is 8.89. The van der Waals surface area contributed by atoms with Crippen molar-refractivity contribution >= 4 is 23.2 Å². The van der Waals surface area contributed by atoms with E-state index in [1.165, 1.54) is 19.3 Å². The van der Waals surface area contributed by atoms with Crippen LogP contribution >= 0.6 is 23.2 Å². The van der Waals surface area contributed by atoms with Crippen molar-refractivity contribution in [1.82, 2.24) is 0 Å². The third-order valence-electron chi connectivity index (χ3n) is 1.89. The zero-order chi connectivity index (χ0) is 12.1. The lowest BCUT2D eigenvalue weighted by atomic mass is 10.2. The lowest BCUT2D eigenvalue weighted by Crippen LogP contribution is -1.97. The van der Waals surface area contributed by atoms with Crippen LogP contribution in [0.4, 0.5) is 4.39 Å². The van der Waals surface area contributed by atoms with Crippen LogP contribution in [0.2, 0.25) is 0 Å². The predicted molar refractivity (Wildman–Crippen MR) is 63.0 cm³/mol. The molecule has 0 heterocycles. The first-order valence-electron chi connectivity index (χ1n) is 4.52. The van der Waals surface area contributed by atoms with Gasteiger partial charge in [-0.05, 0) is 24.6 Å². The number of aryl methyl sites for hydroxylation is 1. The summed E-state index contributed by atoms with van der Waals surface area (Å²) in [4.78, 5) is 0. The van der Waals surface area contributed by atoms with Crippen LogP contribution in [0, 0.1) is 12.7 Å². The quantitative estimate of drug-likeness (QED) is 0.823. The average Bonchev–Trinajstić information content (AvgIpc) is 2.16. The summed E-state index contributed by atoms with van der Waals surface area (Å²) >= 11 is 10.8. The Morgan fingerprint density at radius 2 is 2.12 bits per heavy atom. The van der Waals surface area contributed by atoms with E-state index >= 15 is 0 Å². The molecule has 0 radical (unpaired) electrons. The van der Waals surface area contributed by atoms with Gasteiger partial charge < -0.3 is 9.47 Å². The molecule has 88 valence electrons. The van der Waals surface area contributed by atoms with Gasteiger partial charge in [0, 0.05) is 6.07 Å². The van der Waals surface area contributed by atoms with Crippen LogP contribution in [0.15, 0.2) is 22.7 Å². The highest BCUT2D eigenvalue weighted by Gasteiger charge is 2.08. The molecule has 0 spiro atoms. The van der Waals surface area contributed by atoms with E-state index in [9.17, 15) is 4.39 Å². The molecule has 2 nitrogen and oxygen atoms in total. The van der Waals surface area contributed by atoms with Crippen molar-refractivity contribution in [1.29, 1.82) is 0 Å². The van der Waals surface area contributed by atoms with Gasteiger partial charge in [0.05, 0.1) is 7.11 Å². The molecule has 0 amide bonds. The van der Waals surface area contributed by atoms with Gasteiger partial charge >= 0.3 is 0 Å². The maximum Gasteiger partial charge on any atom is 0.169 e. The van der Waals surface area contributed by atoms with E-state index in [1.54, 1.807) is 13.0 Å². The van der Waals surface area contributed by atoms with Gasteiger partial charge in [0.25, 0.3) is 0 Å². The molecule has 0 unspecified atom stereocenters. The van der Waals surface area contributed by atoms with E-state index in [1.807, 2.05) is 0 Å². The lowest BCUT2D eigenvalue weighted by molar-refractivity contribution is 0.351. The van der Waals surface area contributed by atoms with Gasteiger partial charge in [0.2, 0.25) is 0 Å². The Hall–Kier alpha value is -0.930. The first-order valence-corrected chi connectivity index (χ1v) is 5.28. The number of rotatable bonds is 4. The van der Waals surface area contributed by atoms with Gasteiger partial charge in [-0.2, -0.15) is 0 Å². The molecule has 1 aromatic rings. The molecule has 5 heteroatoms. The molecule has 0 aliphatic heterocycles. The normalized spacial score (nSPS) is 9.81. The van der Waals surface area contributed by atoms with Crippen molar-refractivity contribution in [3.05, 3.63) is 34.1 Å². The van der Waals surface area contributed by atoms with Gasteiger partial charge in [-0.1, -0.05) is 23.2 Å². The topological polar surface area (TPSA) is 18.5 Å². The minimum Gasteiger partial charge on any atom is -0.493 e. The van der Waals surface area contributed by atoms with Gasteiger partial charge in [0.15, 0.2) is 11.6 Å². The molecule has 16 heavy (non-hydrogen) atoms. The summed E-state index contributed by atoms with van der Waals surface area (Å²) in [5.74, 6) is 0.165. The van der Waals surface area contributed by atoms with E-state index in [-0.39, 0.29) is 16.8 Å². The van der Waals surface area contributed by atoms with Crippen molar-refractivity contribution in [3.63, 3.8) is 0 Å². The molecule has 0 fully saturated rings. The third kappa shape index (κ3) is 3.58. The predicted octanol–water partition coefficient (Wildman–Crippen LogP) is 3.84. The zero-order valence-corrected chi connectivity index (χ0v) is 10.4. The number of benzene rings is 1. The Bertz CT molecular complexity index is 378. The van der Waals surface area contributed by atoms with E-state index in [4.69, 9.17) is 32.7 Å². The summed E-state index contributed by atoms with van der Waals surface area (Å²) in [5.41, 5.74) is 0.665. The molecule has 0 aromatic heterocycles. The Balaban J connectivity index is 2.80. The van der Waals surface area contributed by atoms with E-state index in [2.05, 4.69) is 0 Å². The van der Waals surface area contributed by atoms with Crippen LogP contribution in [0.25, 0.3) is 0 Å². The summed E-state index contributed by atoms with van der Waals surface area (Å²) in [6.07, 6.45) is 1.47. The van der Waals surface area contributed by atoms with Crippen LogP contribution in [0.5, 0.6) is 11.5 Å². The molecule has 0 aliphatic carbocycles. The second kappa shape index (κ2) is 5.97. The van der Waals surface area contributed by atoms with Crippen molar-refractivity contribution in [2.75, 3.05) is 13.7 Å². The summed E-state index contributed by atoms with van der Waals surface area (Å²) in [5, 5.41) is 0. The highest BCUT2D eigenvalue weighted by atomic mass is 35.5. The Morgan fingerprint density at radius 3 is 2.62 bits per heavy atom. The average molecular weight is 265 g/mol. The summed E-state index contributed by atoms with van der Waals surface area (Å²) in [7, 11) is 1.42. The van der Waals surface area contributed by atoms with E-state index < -0.39 is 5.82 Å². The summed E-state index contributed by atoms with van der Waals surface area (Å²) in [6.45, 7) is 1.92. The second-order valence-electron chi connectivity index (χ2n) is 3.06. The van der Waals surface area contributed by atoms with Crippen LogP contribution in [-0.4, -0.2) is 13.7 Å². The number of methoxy groups -OCH3 is 1. The maximum absolute atomic E-state index is 13.4. The first-order chi connectivity index (χ1) is 7.54. The molecule has 0 bridgehead atoms. The fraction of sp³-hybridized carbons (Fsp3) is 0.273. The molecule has 1 rings (SSSR count). The van der Waals surface area contributed by atoms with Crippen LogP contribution in [0.1, 0.15) is 5.56 Å². The SMILES string of the molecule is COc1c(C)cc(OCC=C(Cl)Cl)cc1F. The Morgan fingerprint density at radius 1 is 1.44 bits per heavy atom. The standard InChI is InChI=1S/C11H11Cl2FO2/c1-7-5-8(16-4-3-10(12)13)6-9(14)11(7)15-2/h3,5-6H,4H2,1-2H3. The highest BCUT2D eigenvalue weighted by Crippen LogP contribution is 2.27. The minimum atomic E-state index is -0.460. The number of hydrogen-bond acceptors (Lipinski definition) is 2. The molecule has 1 aromatic carbocycles. The number of halogens is 3. The van der Waals surface area contributed by atoms with Crippen molar-refractivity contribution in [2.45, 2.75) is 6.92 Å². The monoisotopic (exact) mass is 264 g/mol. The smallest absolute Gasteiger partial charge is 0.169 e. The molecule has 0 saturated carbocycles. The van der Waals surface area contributed by atoms with Gasteiger partial charge in [-0.25, -0.2) is 4.39 Å². The number of hydrogen-bond donors (Lipinski definition) is 0. The molecular weight excluding hydrogens is 254 g/mol. The molecule has 0 N–H and O–H groups in total. The molecular formula is C11H11Cl2FO2. The fourth-order valence-corrected chi connectivity index (χ4v) is 1.37. The van der Waals surface area contributed by atoms with Gasteiger partial charge in [-0.3, -0.25) is 0 Å². The van der Waals surface area contributed by atoms with Crippen LogP contribution in [0.3, 0.4) is 0 Å².